The third kappa shape index (κ3) is 3.45. The number of benzene rings is 1. The molecule has 1 aromatic rings. The molecule has 1 fully saturated rings. The molecule has 2 unspecified atom stereocenters. The highest BCUT2D eigenvalue weighted by atomic mass is 16.6. The molecule has 1 heterocycles. The smallest absolute Gasteiger partial charge is 0.253 e. The summed E-state index contributed by atoms with van der Waals surface area (Å²) in [5.74, 6) is -0.174. The minimum Gasteiger partial charge on any atom is -0.399 e. The summed E-state index contributed by atoms with van der Waals surface area (Å²) >= 11 is 0. The van der Waals surface area contributed by atoms with Crippen LogP contribution in [0.4, 0.5) is 11.4 Å². The average Bonchev–Trinajstić information content (AvgIpc) is 2.81. The summed E-state index contributed by atoms with van der Waals surface area (Å²) in [6.07, 6.45) is 0.361. The number of nitrogens with one attached hydrogen (secondary N) is 1. The van der Waals surface area contributed by atoms with Crippen molar-refractivity contribution >= 4 is 17.3 Å². The maximum atomic E-state index is 11.9. The van der Waals surface area contributed by atoms with Gasteiger partial charge >= 0.3 is 0 Å². The topological polar surface area (TPSA) is 73.6 Å². The van der Waals surface area contributed by atoms with Crippen LogP contribution in [0.1, 0.15) is 13.3 Å². The van der Waals surface area contributed by atoms with Crippen LogP contribution in [0, 0.1) is 0 Å². The van der Waals surface area contributed by atoms with Gasteiger partial charge in [0.15, 0.2) is 0 Å². The van der Waals surface area contributed by atoms with E-state index in [1.165, 1.54) is 0 Å². The number of rotatable bonds is 4. The first-order valence-electron chi connectivity index (χ1n) is 6.05. The third-order valence-electron chi connectivity index (χ3n) is 2.81. The zero-order valence-electron chi connectivity index (χ0n) is 10.4. The van der Waals surface area contributed by atoms with Gasteiger partial charge in [0.25, 0.3) is 5.91 Å². The van der Waals surface area contributed by atoms with Crippen molar-refractivity contribution in [3.63, 3.8) is 0 Å². The van der Waals surface area contributed by atoms with Gasteiger partial charge in [-0.05, 0) is 31.5 Å². The molecule has 5 heteroatoms. The third-order valence-corrected chi connectivity index (χ3v) is 2.81. The Kier molecular flexibility index (Phi) is 4.17. The van der Waals surface area contributed by atoms with Crippen molar-refractivity contribution in [2.75, 3.05) is 24.3 Å². The predicted octanol–water partition coefficient (Wildman–Crippen LogP) is 1.40. The van der Waals surface area contributed by atoms with E-state index in [1.807, 2.05) is 0 Å². The molecule has 2 atom stereocenters. The summed E-state index contributed by atoms with van der Waals surface area (Å²) in [5, 5.41) is 2.77. The number of ether oxygens (including phenoxy) is 2. The summed E-state index contributed by atoms with van der Waals surface area (Å²) < 4.78 is 10.8. The Morgan fingerprint density at radius 1 is 1.61 bits per heavy atom. The lowest BCUT2D eigenvalue weighted by atomic mass is 10.2. The van der Waals surface area contributed by atoms with Crippen molar-refractivity contribution in [1.29, 1.82) is 0 Å². The van der Waals surface area contributed by atoms with Gasteiger partial charge < -0.3 is 20.5 Å². The predicted molar refractivity (Wildman–Crippen MR) is 69.3 cm³/mol. The second-order valence-electron chi connectivity index (χ2n) is 4.38. The Morgan fingerprint density at radius 2 is 2.44 bits per heavy atom. The van der Waals surface area contributed by atoms with Crippen LogP contribution in [0.15, 0.2) is 24.3 Å². The quantitative estimate of drug-likeness (QED) is 0.792. The number of nitrogen functional groups attached to an aromatic ring is 1. The standard InChI is InChI=1S/C13H18N2O3/c1-9(18-12-5-6-17-8-12)13(16)15-11-4-2-3-10(14)7-11/h2-4,7,9,12H,5-6,8,14H2,1H3,(H,15,16). The molecule has 98 valence electrons. The van der Waals surface area contributed by atoms with Crippen LogP contribution >= 0.6 is 0 Å². The highest BCUT2D eigenvalue weighted by molar-refractivity contribution is 5.94. The normalized spacial score (nSPS) is 20.6. The number of hydrogen-bond acceptors (Lipinski definition) is 4. The summed E-state index contributed by atoms with van der Waals surface area (Å²) in [5.41, 5.74) is 6.94. The molecule has 0 bridgehead atoms. The lowest BCUT2D eigenvalue weighted by molar-refractivity contribution is -0.129. The number of nitrogens with two attached hydrogens (primary N) is 1. The zero-order chi connectivity index (χ0) is 13.0. The van der Waals surface area contributed by atoms with Gasteiger partial charge in [-0.15, -0.1) is 0 Å². The van der Waals surface area contributed by atoms with Crippen molar-refractivity contribution in [3.8, 4) is 0 Å². The molecule has 0 spiro atoms. The molecule has 1 aromatic carbocycles. The first kappa shape index (κ1) is 12.9. The number of amides is 1. The number of hydrogen-bond donors (Lipinski definition) is 2. The fourth-order valence-electron chi connectivity index (χ4n) is 1.83. The molecule has 1 aliphatic heterocycles. The molecule has 0 aromatic heterocycles. The second-order valence-corrected chi connectivity index (χ2v) is 4.38. The van der Waals surface area contributed by atoms with Crippen LogP contribution in [0.2, 0.25) is 0 Å². The van der Waals surface area contributed by atoms with Gasteiger partial charge in [0.1, 0.15) is 6.10 Å². The lowest BCUT2D eigenvalue weighted by Gasteiger charge is -2.17. The van der Waals surface area contributed by atoms with E-state index < -0.39 is 6.10 Å². The number of carbonyl (C=O) groups excluding carboxylic acids is 1. The second kappa shape index (κ2) is 5.84. The van der Waals surface area contributed by atoms with Crippen LogP contribution in [0.3, 0.4) is 0 Å². The molecule has 5 nitrogen and oxygen atoms in total. The summed E-state index contributed by atoms with van der Waals surface area (Å²) in [6.45, 7) is 3.00. The molecule has 1 amide bonds. The van der Waals surface area contributed by atoms with Crippen LogP contribution in [0.25, 0.3) is 0 Å². The van der Waals surface area contributed by atoms with E-state index in [4.69, 9.17) is 15.2 Å². The van der Waals surface area contributed by atoms with E-state index in [-0.39, 0.29) is 12.0 Å². The molecule has 0 radical (unpaired) electrons. The number of carbonyl (C=O) groups is 1. The fraction of sp³-hybridized carbons (Fsp3) is 0.462. The van der Waals surface area contributed by atoms with E-state index >= 15 is 0 Å². The summed E-state index contributed by atoms with van der Waals surface area (Å²) in [6, 6.07) is 7.07. The van der Waals surface area contributed by atoms with Gasteiger partial charge in [-0.2, -0.15) is 0 Å². The van der Waals surface area contributed by atoms with Gasteiger partial charge in [0, 0.05) is 18.0 Å². The van der Waals surface area contributed by atoms with Gasteiger partial charge in [-0.3, -0.25) is 4.79 Å². The van der Waals surface area contributed by atoms with Gasteiger partial charge in [-0.25, -0.2) is 0 Å². The average molecular weight is 250 g/mol. The zero-order valence-corrected chi connectivity index (χ0v) is 10.4. The Hall–Kier alpha value is -1.59. The fourth-order valence-corrected chi connectivity index (χ4v) is 1.83. The summed E-state index contributed by atoms with van der Waals surface area (Å²) in [7, 11) is 0. The molecule has 0 aliphatic carbocycles. The minimum atomic E-state index is -0.502. The first-order valence-corrected chi connectivity index (χ1v) is 6.05. The van der Waals surface area contributed by atoms with Gasteiger partial charge in [-0.1, -0.05) is 6.07 Å². The highest BCUT2D eigenvalue weighted by Gasteiger charge is 2.22. The van der Waals surface area contributed by atoms with Gasteiger partial charge in [0.05, 0.1) is 12.7 Å². The van der Waals surface area contributed by atoms with E-state index in [0.717, 1.165) is 6.42 Å². The molecule has 0 saturated carbocycles. The maximum absolute atomic E-state index is 11.9. The van der Waals surface area contributed by atoms with Crippen molar-refractivity contribution in [2.24, 2.45) is 0 Å². The van der Waals surface area contributed by atoms with Crippen molar-refractivity contribution in [3.05, 3.63) is 24.3 Å². The molecular formula is C13H18N2O3. The molecular weight excluding hydrogens is 232 g/mol. The first-order chi connectivity index (χ1) is 8.65. The van der Waals surface area contributed by atoms with Crippen molar-refractivity contribution in [1.82, 2.24) is 0 Å². The monoisotopic (exact) mass is 250 g/mol. The van der Waals surface area contributed by atoms with Crippen LogP contribution in [-0.4, -0.2) is 31.3 Å². The molecule has 18 heavy (non-hydrogen) atoms. The van der Waals surface area contributed by atoms with Crippen LogP contribution in [-0.2, 0) is 14.3 Å². The molecule has 1 saturated heterocycles. The minimum absolute atomic E-state index is 0.0200. The largest absolute Gasteiger partial charge is 0.399 e. The van der Waals surface area contributed by atoms with E-state index in [0.29, 0.717) is 24.6 Å². The maximum Gasteiger partial charge on any atom is 0.253 e. The van der Waals surface area contributed by atoms with Gasteiger partial charge in [0.2, 0.25) is 0 Å². The molecule has 1 aliphatic rings. The van der Waals surface area contributed by atoms with E-state index in [9.17, 15) is 4.79 Å². The Morgan fingerprint density at radius 3 is 3.11 bits per heavy atom. The Labute approximate surface area is 106 Å². The Balaban J connectivity index is 1.86. The van der Waals surface area contributed by atoms with Crippen LogP contribution in [0.5, 0.6) is 0 Å². The molecule has 2 rings (SSSR count). The SMILES string of the molecule is CC(OC1CCOC1)C(=O)Nc1cccc(N)c1. The van der Waals surface area contributed by atoms with Crippen molar-refractivity contribution < 1.29 is 14.3 Å². The lowest BCUT2D eigenvalue weighted by Crippen LogP contribution is -2.31. The molecule has 3 N–H and O–H groups in total. The summed E-state index contributed by atoms with van der Waals surface area (Å²) in [4.78, 5) is 11.9. The van der Waals surface area contributed by atoms with E-state index in [2.05, 4.69) is 5.32 Å². The Bertz CT molecular complexity index is 416. The highest BCUT2D eigenvalue weighted by Crippen LogP contribution is 2.14. The van der Waals surface area contributed by atoms with Crippen LogP contribution < -0.4 is 11.1 Å². The number of anilines is 2. The van der Waals surface area contributed by atoms with E-state index in [1.54, 1.807) is 31.2 Å². The van der Waals surface area contributed by atoms with Crippen molar-refractivity contribution in [2.45, 2.75) is 25.6 Å².